The number of carboxylic acid groups (broad SMARTS) is 1. The third kappa shape index (κ3) is 2.17. The Balaban J connectivity index is 2.34. The van der Waals surface area contributed by atoms with Gasteiger partial charge in [0, 0.05) is 12.1 Å². The monoisotopic (exact) mass is 300 g/mol. The summed E-state index contributed by atoms with van der Waals surface area (Å²) in [6, 6.07) is 13.8. The Labute approximate surface area is 126 Å². The van der Waals surface area contributed by atoms with Crippen LogP contribution in [0.1, 0.15) is 17.4 Å². The second-order valence-corrected chi connectivity index (χ2v) is 5.01. The van der Waals surface area contributed by atoms with E-state index in [4.69, 9.17) is 11.6 Å². The molecule has 0 spiro atoms. The van der Waals surface area contributed by atoms with Crippen molar-refractivity contribution in [2.75, 3.05) is 0 Å². The van der Waals surface area contributed by atoms with Crippen molar-refractivity contribution in [3.05, 3.63) is 53.3 Å². The van der Waals surface area contributed by atoms with Gasteiger partial charge in [0.05, 0.1) is 0 Å². The Hall–Kier alpha value is -2.33. The molecule has 1 heterocycles. The van der Waals surface area contributed by atoms with E-state index >= 15 is 0 Å². The summed E-state index contributed by atoms with van der Waals surface area (Å²) in [5, 5.41) is 11.4. The van der Waals surface area contributed by atoms with E-state index in [2.05, 4.69) is 4.98 Å². The first kappa shape index (κ1) is 13.6. The minimum Gasteiger partial charge on any atom is -0.476 e. The highest BCUT2D eigenvalue weighted by Gasteiger charge is 2.22. The Bertz CT molecular complexity index is 834. The number of nitrogens with zero attached hydrogens (tertiary/aromatic N) is 2. The molecule has 0 aliphatic rings. The standard InChI is InChI=1S/C16H13ClN2O2/c1-2-19-13(16(20)21)14(17)18-15(19)12-9-5-7-10-6-3-4-8-11(10)12/h3-9H,2H2,1H3,(H,20,21). The van der Waals surface area contributed by atoms with Crippen molar-refractivity contribution in [1.82, 2.24) is 9.55 Å². The van der Waals surface area contributed by atoms with Gasteiger partial charge in [0.25, 0.3) is 0 Å². The lowest BCUT2D eigenvalue weighted by Crippen LogP contribution is -2.08. The number of carbonyl (C=O) groups is 1. The van der Waals surface area contributed by atoms with Crippen molar-refractivity contribution >= 4 is 28.3 Å². The third-order valence-corrected chi connectivity index (χ3v) is 3.74. The van der Waals surface area contributed by atoms with Gasteiger partial charge in [-0.05, 0) is 17.7 Å². The molecule has 1 N–H and O–H groups in total. The summed E-state index contributed by atoms with van der Waals surface area (Å²) >= 11 is 6.01. The maximum Gasteiger partial charge on any atom is 0.355 e. The van der Waals surface area contributed by atoms with Gasteiger partial charge in [0.15, 0.2) is 10.8 Å². The van der Waals surface area contributed by atoms with Crippen molar-refractivity contribution in [3.8, 4) is 11.4 Å². The molecule has 0 amide bonds. The van der Waals surface area contributed by atoms with Gasteiger partial charge in [-0.3, -0.25) is 0 Å². The van der Waals surface area contributed by atoms with Gasteiger partial charge < -0.3 is 9.67 Å². The van der Waals surface area contributed by atoms with Crippen LogP contribution in [0, 0.1) is 0 Å². The van der Waals surface area contributed by atoms with E-state index in [1.54, 1.807) is 4.57 Å². The highest BCUT2D eigenvalue weighted by Crippen LogP contribution is 2.31. The number of aromatic nitrogens is 2. The summed E-state index contributed by atoms with van der Waals surface area (Å²) < 4.78 is 1.63. The van der Waals surface area contributed by atoms with Gasteiger partial charge in [0.1, 0.15) is 5.82 Å². The van der Waals surface area contributed by atoms with Gasteiger partial charge in [-0.15, -0.1) is 0 Å². The zero-order valence-electron chi connectivity index (χ0n) is 11.4. The quantitative estimate of drug-likeness (QED) is 0.793. The Morgan fingerprint density at radius 2 is 1.95 bits per heavy atom. The number of fused-ring (bicyclic) bond motifs is 1. The molecule has 106 valence electrons. The van der Waals surface area contributed by atoms with Crippen LogP contribution in [0.2, 0.25) is 5.15 Å². The molecule has 0 unspecified atom stereocenters. The molecule has 4 nitrogen and oxygen atoms in total. The van der Waals surface area contributed by atoms with E-state index in [1.807, 2.05) is 49.4 Å². The van der Waals surface area contributed by atoms with Crippen LogP contribution in [-0.2, 0) is 6.54 Å². The molecule has 1 aromatic heterocycles. The van der Waals surface area contributed by atoms with Crippen LogP contribution in [0.15, 0.2) is 42.5 Å². The average molecular weight is 301 g/mol. The van der Waals surface area contributed by atoms with Gasteiger partial charge in [-0.1, -0.05) is 54.1 Å². The Morgan fingerprint density at radius 1 is 1.24 bits per heavy atom. The van der Waals surface area contributed by atoms with Crippen molar-refractivity contribution in [2.24, 2.45) is 0 Å². The summed E-state index contributed by atoms with van der Waals surface area (Å²) in [6.07, 6.45) is 0. The SMILES string of the molecule is CCn1c(-c2cccc3ccccc23)nc(Cl)c1C(=O)O. The molecule has 0 bridgehead atoms. The number of imidazole rings is 1. The van der Waals surface area contributed by atoms with E-state index in [1.165, 1.54) is 0 Å². The van der Waals surface area contributed by atoms with Crippen LogP contribution in [0.3, 0.4) is 0 Å². The topological polar surface area (TPSA) is 55.1 Å². The normalized spacial score (nSPS) is 11.0. The molecule has 0 aliphatic carbocycles. The van der Waals surface area contributed by atoms with Crippen LogP contribution in [0.4, 0.5) is 0 Å². The van der Waals surface area contributed by atoms with Crippen LogP contribution in [0.25, 0.3) is 22.2 Å². The fraction of sp³-hybridized carbons (Fsp3) is 0.125. The molecular weight excluding hydrogens is 288 g/mol. The molecule has 0 fully saturated rings. The van der Waals surface area contributed by atoms with Gasteiger partial charge in [-0.25, -0.2) is 9.78 Å². The number of hydrogen-bond donors (Lipinski definition) is 1. The third-order valence-electron chi connectivity index (χ3n) is 3.47. The molecule has 3 aromatic rings. The van der Waals surface area contributed by atoms with Crippen LogP contribution in [-0.4, -0.2) is 20.6 Å². The van der Waals surface area contributed by atoms with Gasteiger partial charge >= 0.3 is 5.97 Å². The van der Waals surface area contributed by atoms with E-state index in [-0.39, 0.29) is 10.8 Å². The van der Waals surface area contributed by atoms with Crippen LogP contribution < -0.4 is 0 Å². The zero-order chi connectivity index (χ0) is 15.0. The first-order valence-corrected chi connectivity index (χ1v) is 6.98. The molecule has 2 aromatic carbocycles. The molecular formula is C16H13ClN2O2. The number of halogens is 1. The first-order valence-electron chi connectivity index (χ1n) is 6.61. The zero-order valence-corrected chi connectivity index (χ0v) is 12.1. The molecule has 0 atom stereocenters. The second kappa shape index (κ2) is 5.22. The van der Waals surface area contributed by atoms with Crippen molar-refractivity contribution in [2.45, 2.75) is 13.5 Å². The molecule has 21 heavy (non-hydrogen) atoms. The fourth-order valence-electron chi connectivity index (χ4n) is 2.56. The number of rotatable bonds is 3. The van der Waals surface area contributed by atoms with Crippen LogP contribution >= 0.6 is 11.6 Å². The number of benzene rings is 2. The summed E-state index contributed by atoms with van der Waals surface area (Å²) in [6.45, 7) is 2.36. The van der Waals surface area contributed by atoms with E-state index in [0.29, 0.717) is 12.4 Å². The summed E-state index contributed by atoms with van der Waals surface area (Å²) in [4.78, 5) is 15.6. The minimum atomic E-state index is -1.07. The van der Waals surface area contributed by atoms with Gasteiger partial charge in [-0.2, -0.15) is 0 Å². The lowest BCUT2D eigenvalue weighted by atomic mass is 10.0. The maximum atomic E-state index is 11.4. The summed E-state index contributed by atoms with van der Waals surface area (Å²) in [7, 11) is 0. The molecule has 0 saturated heterocycles. The lowest BCUT2D eigenvalue weighted by molar-refractivity contribution is 0.0685. The highest BCUT2D eigenvalue weighted by atomic mass is 35.5. The fourth-order valence-corrected chi connectivity index (χ4v) is 2.82. The van der Waals surface area contributed by atoms with Gasteiger partial charge in [0.2, 0.25) is 0 Å². The number of aromatic carboxylic acids is 1. The second-order valence-electron chi connectivity index (χ2n) is 4.65. The minimum absolute atomic E-state index is 0.0206. The number of hydrogen-bond acceptors (Lipinski definition) is 2. The Morgan fingerprint density at radius 3 is 2.67 bits per heavy atom. The molecule has 0 aliphatic heterocycles. The maximum absolute atomic E-state index is 11.4. The summed E-state index contributed by atoms with van der Waals surface area (Å²) in [5.41, 5.74) is 0.909. The first-order chi connectivity index (χ1) is 10.1. The van der Waals surface area contributed by atoms with E-state index in [9.17, 15) is 9.90 Å². The molecule has 5 heteroatoms. The van der Waals surface area contributed by atoms with Crippen LogP contribution in [0.5, 0.6) is 0 Å². The van der Waals surface area contributed by atoms with E-state index < -0.39 is 5.97 Å². The average Bonchev–Trinajstić information content (AvgIpc) is 2.83. The smallest absolute Gasteiger partial charge is 0.355 e. The van der Waals surface area contributed by atoms with Crippen molar-refractivity contribution in [1.29, 1.82) is 0 Å². The summed E-state index contributed by atoms with van der Waals surface area (Å²) in [5.74, 6) is -0.488. The van der Waals surface area contributed by atoms with Crippen molar-refractivity contribution < 1.29 is 9.90 Å². The highest BCUT2D eigenvalue weighted by molar-refractivity contribution is 6.32. The van der Waals surface area contributed by atoms with E-state index in [0.717, 1.165) is 16.3 Å². The van der Waals surface area contributed by atoms with Crippen molar-refractivity contribution in [3.63, 3.8) is 0 Å². The Kier molecular flexibility index (Phi) is 3.39. The largest absolute Gasteiger partial charge is 0.476 e. The lowest BCUT2D eigenvalue weighted by Gasteiger charge is -2.09. The predicted octanol–water partition coefficient (Wildman–Crippen LogP) is 4.07. The predicted molar refractivity (Wildman–Crippen MR) is 82.8 cm³/mol. The molecule has 0 saturated carbocycles. The molecule has 0 radical (unpaired) electrons. The molecule has 3 rings (SSSR count). The number of carboxylic acids is 1.